The van der Waals surface area contributed by atoms with E-state index in [1.165, 1.54) is 28.7 Å². The van der Waals surface area contributed by atoms with Gasteiger partial charge in [0, 0.05) is 0 Å². The van der Waals surface area contributed by atoms with Crippen LogP contribution in [0.25, 0.3) is 11.1 Å². The van der Waals surface area contributed by atoms with Gasteiger partial charge in [0.05, 0.1) is 0 Å². The van der Waals surface area contributed by atoms with Crippen LogP contribution in [0.1, 0.15) is 23.5 Å². The van der Waals surface area contributed by atoms with E-state index in [9.17, 15) is 0 Å². The van der Waals surface area contributed by atoms with E-state index < -0.39 is 5.92 Å². The van der Waals surface area contributed by atoms with Crippen LogP contribution in [0.2, 0.25) is 13.1 Å². The molecule has 0 atom stereocenters. The van der Waals surface area contributed by atoms with E-state index in [0.717, 1.165) is 0 Å². The third-order valence-corrected chi connectivity index (χ3v) is 13.5. The third kappa shape index (κ3) is 3.44. The zero-order valence-electron chi connectivity index (χ0n) is 13.9. The van der Waals surface area contributed by atoms with E-state index in [1.54, 1.807) is 5.57 Å². The monoisotopic (exact) mass is 448 g/mol. The van der Waals surface area contributed by atoms with Crippen LogP contribution in [0.3, 0.4) is 0 Å². The molecule has 2 aromatic rings. The van der Waals surface area contributed by atoms with E-state index >= 15 is 0 Å². The van der Waals surface area contributed by atoms with Crippen LogP contribution in [-0.4, -0.2) is 5.92 Å². The van der Waals surface area contributed by atoms with Crippen molar-refractivity contribution in [3.8, 4) is 11.1 Å². The van der Waals surface area contributed by atoms with Crippen LogP contribution in [0.4, 0.5) is 0 Å². The Labute approximate surface area is 169 Å². The Bertz CT molecular complexity index is 750. The summed E-state index contributed by atoms with van der Waals surface area (Å²) in [4.78, 5) is 0. The van der Waals surface area contributed by atoms with Gasteiger partial charge in [0.25, 0.3) is 0 Å². The van der Waals surface area contributed by atoms with Gasteiger partial charge in [-0.25, -0.2) is 0 Å². The summed E-state index contributed by atoms with van der Waals surface area (Å²) < 4.78 is 1.86. The Morgan fingerprint density at radius 3 is 1.96 bits per heavy atom. The molecule has 0 saturated carbocycles. The summed E-state index contributed by atoms with van der Waals surface area (Å²) in [5.74, 6) is 0.0897. The predicted molar refractivity (Wildman–Crippen MR) is 93.4 cm³/mol. The van der Waals surface area contributed by atoms with Gasteiger partial charge in [0.2, 0.25) is 0 Å². The van der Waals surface area contributed by atoms with Crippen molar-refractivity contribution in [3.63, 3.8) is 0 Å². The van der Waals surface area contributed by atoms with E-state index in [4.69, 9.17) is 0 Å². The number of benzene rings is 2. The first-order chi connectivity index (χ1) is 10.8. The van der Waals surface area contributed by atoms with E-state index in [2.05, 4.69) is 73.8 Å². The second-order valence-electron chi connectivity index (χ2n) is 6.45. The van der Waals surface area contributed by atoms with Gasteiger partial charge in [-0.15, -0.1) is 0 Å². The first kappa shape index (κ1) is 19.9. The molecule has 24 heavy (non-hydrogen) atoms. The molecular formula is C20H20Cl2SiZr. The van der Waals surface area contributed by atoms with Crippen molar-refractivity contribution in [1.82, 2.24) is 0 Å². The second kappa shape index (κ2) is 8.32. The molecule has 0 N–H and O–H groups in total. The predicted octanol–water partition coefficient (Wildman–Crippen LogP) is -0.913. The van der Waals surface area contributed by atoms with Gasteiger partial charge in [0.15, 0.2) is 0 Å². The first-order valence-electron chi connectivity index (χ1n) is 8.10. The Balaban J connectivity index is 0.00000104. The van der Waals surface area contributed by atoms with Crippen LogP contribution in [-0.2, 0) is 22.4 Å². The minimum Gasteiger partial charge on any atom is -1.00 e. The summed E-state index contributed by atoms with van der Waals surface area (Å²) in [5, 5.41) is 0. The molecule has 0 fully saturated rings. The van der Waals surface area contributed by atoms with Crippen molar-refractivity contribution >= 4 is 5.92 Å². The number of fused-ring (bicyclic) bond motifs is 3. The van der Waals surface area contributed by atoms with Gasteiger partial charge >= 0.3 is 146 Å². The standard InChI is InChI=1S/C18H13.C2H7Si.2ClH.Zr/c1-2-8-13(7-1)18-16-11-5-3-9-14(16)15-10-4-6-12-17(15)18;1-3-2;;;/h1,3-7,9-12,18H,2H2;3H,1-2H3;2*1H;/q;;;;+2/p-2. The molecule has 0 spiro atoms. The van der Waals surface area contributed by atoms with Crippen LogP contribution >= 0.6 is 0 Å². The molecule has 0 amide bonds. The maximum Gasteiger partial charge on any atom is -1.00 e. The maximum absolute atomic E-state index is 2.53. The molecule has 122 valence electrons. The Hall–Kier alpha value is -0.400. The number of hydrogen-bond acceptors (Lipinski definition) is 0. The van der Waals surface area contributed by atoms with Gasteiger partial charge < -0.3 is 24.8 Å². The maximum atomic E-state index is 2.53. The van der Waals surface area contributed by atoms with Crippen molar-refractivity contribution in [2.45, 2.75) is 25.4 Å². The van der Waals surface area contributed by atoms with Crippen molar-refractivity contribution in [1.29, 1.82) is 0 Å². The molecule has 0 saturated heterocycles. The van der Waals surface area contributed by atoms with Crippen LogP contribution < -0.4 is 24.8 Å². The molecule has 0 radical (unpaired) electrons. The molecule has 4 heteroatoms. The first-order valence-corrected chi connectivity index (χ1v) is 16.5. The van der Waals surface area contributed by atoms with Crippen LogP contribution in [0, 0.1) is 0 Å². The average molecular weight is 451 g/mol. The molecule has 2 aliphatic carbocycles. The number of allylic oxidation sites excluding steroid dienone is 4. The minimum atomic E-state index is -0.405. The summed E-state index contributed by atoms with van der Waals surface area (Å²) >= 11 is -0.306. The molecule has 0 aromatic heterocycles. The molecule has 2 aliphatic rings. The largest absolute Gasteiger partial charge is 1.00 e. The zero-order valence-corrected chi connectivity index (χ0v) is 19.0. The van der Waals surface area contributed by atoms with E-state index in [0.29, 0.717) is 5.92 Å². The van der Waals surface area contributed by atoms with Crippen molar-refractivity contribution in [3.05, 3.63) is 80.7 Å². The Morgan fingerprint density at radius 1 is 0.875 bits per heavy atom. The van der Waals surface area contributed by atoms with Crippen molar-refractivity contribution < 1.29 is 47.2 Å². The Kier molecular flexibility index (Phi) is 6.90. The van der Waals surface area contributed by atoms with Crippen molar-refractivity contribution in [2.24, 2.45) is 0 Å². The summed E-state index contributed by atoms with van der Waals surface area (Å²) in [6, 6.07) is 18.0. The fourth-order valence-electron chi connectivity index (χ4n) is 3.77. The minimum absolute atomic E-state index is 0. The Morgan fingerprint density at radius 2 is 1.42 bits per heavy atom. The second-order valence-corrected chi connectivity index (χ2v) is 21.2. The third-order valence-electron chi connectivity index (χ3n) is 4.58. The number of rotatable bonds is 3. The number of hydrogen-bond donors (Lipinski definition) is 0. The molecule has 0 heterocycles. The van der Waals surface area contributed by atoms with Gasteiger partial charge in [-0.05, 0) is 0 Å². The SMILES string of the molecule is C[SiH](C)[Zr+2][C]1=C(C2c3ccccc3-c3ccccc32)C=CC1.[Cl-].[Cl-]. The van der Waals surface area contributed by atoms with Gasteiger partial charge in [0.1, 0.15) is 0 Å². The fourth-order valence-corrected chi connectivity index (χ4v) is 12.8. The van der Waals surface area contributed by atoms with Gasteiger partial charge in [-0.1, -0.05) is 0 Å². The quantitative estimate of drug-likeness (QED) is 0.531. The molecular weight excluding hydrogens is 430 g/mol. The van der Waals surface area contributed by atoms with Crippen LogP contribution in [0.5, 0.6) is 0 Å². The summed E-state index contributed by atoms with van der Waals surface area (Å²) in [5.41, 5.74) is 7.59. The van der Waals surface area contributed by atoms with Crippen LogP contribution in [0.15, 0.2) is 69.5 Å². The molecule has 0 nitrogen and oxygen atoms in total. The molecule has 0 bridgehead atoms. The molecule has 0 aliphatic heterocycles. The molecule has 2 aromatic carbocycles. The molecule has 4 rings (SSSR count). The average Bonchev–Trinajstić information content (AvgIpc) is 3.08. The summed E-state index contributed by atoms with van der Waals surface area (Å²) in [6.45, 7) is 5.07. The normalized spacial score (nSPS) is 14.8. The smallest absolute Gasteiger partial charge is 1.00 e. The van der Waals surface area contributed by atoms with Crippen molar-refractivity contribution in [2.75, 3.05) is 0 Å². The van der Waals surface area contributed by atoms with Gasteiger partial charge in [-0.2, -0.15) is 0 Å². The fraction of sp³-hybridized carbons (Fsp3) is 0.200. The summed E-state index contributed by atoms with van der Waals surface area (Å²) in [6.07, 6.45) is 6.09. The zero-order chi connectivity index (χ0) is 15.1. The number of halogens is 2. The topological polar surface area (TPSA) is 0 Å². The summed E-state index contributed by atoms with van der Waals surface area (Å²) in [7, 11) is 0. The van der Waals surface area contributed by atoms with Gasteiger partial charge in [-0.3, -0.25) is 0 Å². The molecule has 0 unspecified atom stereocenters. The van der Waals surface area contributed by atoms with E-state index in [1.807, 2.05) is 3.28 Å². The van der Waals surface area contributed by atoms with E-state index in [-0.39, 0.29) is 47.2 Å².